The van der Waals surface area contributed by atoms with Crippen LogP contribution in [0.15, 0.2) is 60.8 Å². The molecule has 1 aliphatic rings. The highest BCUT2D eigenvalue weighted by Crippen LogP contribution is 2.32. The fourth-order valence-corrected chi connectivity index (χ4v) is 4.14. The summed E-state index contributed by atoms with van der Waals surface area (Å²) >= 11 is 0. The van der Waals surface area contributed by atoms with Crippen molar-refractivity contribution in [2.24, 2.45) is 0 Å². The van der Waals surface area contributed by atoms with Crippen LogP contribution in [0.1, 0.15) is 39.6 Å². The summed E-state index contributed by atoms with van der Waals surface area (Å²) in [6, 6.07) is 17.4. The summed E-state index contributed by atoms with van der Waals surface area (Å²) in [5, 5.41) is 24.3. The van der Waals surface area contributed by atoms with Gasteiger partial charge in [-0.25, -0.2) is 4.98 Å². The Morgan fingerprint density at radius 2 is 1.74 bits per heavy atom. The number of tetrazole rings is 1. The van der Waals surface area contributed by atoms with E-state index in [-0.39, 0.29) is 16.2 Å². The highest BCUT2D eigenvalue weighted by Gasteiger charge is 2.38. The molecule has 0 saturated heterocycles. The highest BCUT2D eigenvalue weighted by molar-refractivity contribution is 6.22. The first-order valence-electron chi connectivity index (χ1n) is 10.8. The predicted molar refractivity (Wildman–Crippen MR) is 123 cm³/mol. The van der Waals surface area contributed by atoms with Gasteiger partial charge in [-0.05, 0) is 34.4 Å². The van der Waals surface area contributed by atoms with Crippen LogP contribution in [0.25, 0.3) is 22.5 Å². The van der Waals surface area contributed by atoms with Crippen molar-refractivity contribution in [1.82, 2.24) is 30.7 Å². The SMILES string of the molecule is CCCN(Cc1ccc(-c2ccccc2-c2nn[nH]n2)cc1)c1nccc2c1C(=O)N(O)C2=O. The molecule has 0 aliphatic carbocycles. The molecule has 0 unspecified atom stereocenters. The standard InChI is InChI=1S/C24H21N7O3/c1-2-13-30(22-20-19(11-12-25-22)23(32)31(34)24(20)33)14-15-7-9-16(10-8-15)17-5-3-4-6-18(17)21-26-28-29-27-21/h3-12,34H,2,13-14H2,1H3,(H,26,27,28,29). The number of carbonyl (C=O) groups is 2. The molecule has 34 heavy (non-hydrogen) atoms. The fraction of sp³-hybridized carbons (Fsp3) is 0.167. The van der Waals surface area contributed by atoms with E-state index in [1.54, 1.807) is 0 Å². The van der Waals surface area contributed by atoms with Gasteiger partial charge in [-0.3, -0.25) is 14.8 Å². The fourth-order valence-electron chi connectivity index (χ4n) is 4.14. The van der Waals surface area contributed by atoms with Crippen LogP contribution in [0.4, 0.5) is 5.82 Å². The van der Waals surface area contributed by atoms with Crippen LogP contribution < -0.4 is 4.90 Å². The first kappa shape index (κ1) is 21.4. The van der Waals surface area contributed by atoms with Gasteiger partial charge < -0.3 is 4.90 Å². The number of hydrogen-bond acceptors (Lipinski definition) is 8. The molecule has 0 saturated carbocycles. The number of nitrogens with one attached hydrogen (secondary N) is 1. The number of hydroxylamine groups is 2. The Bertz CT molecular complexity index is 1350. The Kier molecular flexibility index (Phi) is 5.56. The van der Waals surface area contributed by atoms with Crippen molar-refractivity contribution in [2.45, 2.75) is 19.9 Å². The number of pyridine rings is 1. The van der Waals surface area contributed by atoms with Crippen molar-refractivity contribution >= 4 is 17.6 Å². The molecule has 0 radical (unpaired) electrons. The molecule has 4 aromatic rings. The van der Waals surface area contributed by atoms with E-state index in [0.29, 0.717) is 24.7 Å². The van der Waals surface area contributed by atoms with Crippen LogP contribution in [0, 0.1) is 0 Å². The van der Waals surface area contributed by atoms with Gasteiger partial charge in [0.2, 0.25) is 5.82 Å². The Morgan fingerprint density at radius 1 is 0.971 bits per heavy atom. The zero-order valence-electron chi connectivity index (χ0n) is 18.3. The van der Waals surface area contributed by atoms with Crippen LogP contribution in [-0.2, 0) is 6.54 Å². The van der Waals surface area contributed by atoms with E-state index in [4.69, 9.17) is 0 Å². The number of benzene rings is 2. The van der Waals surface area contributed by atoms with Gasteiger partial charge in [0.05, 0.1) is 11.1 Å². The van der Waals surface area contributed by atoms with Crippen LogP contribution in [-0.4, -0.2) is 54.2 Å². The Hall–Kier alpha value is -4.44. The molecular formula is C24H21N7O3. The number of aromatic nitrogens is 5. The number of hydrogen-bond donors (Lipinski definition) is 2. The molecule has 0 bridgehead atoms. The summed E-state index contributed by atoms with van der Waals surface area (Å²) in [5.74, 6) is -0.571. The first-order valence-corrected chi connectivity index (χ1v) is 10.8. The molecule has 2 aromatic heterocycles. The number of H-pyrrole nitrogens is 1. The molecular weight excluding hydrogens is 434 g/mol. The lowest BCUT2D eigenvalue weighted by atomic mass is 9.98. The van der Waals surface area contributed by atoms with Crippen molar-refractivity contribution in [3.05, 3.63) is 77.5 Å². The van der Waals surface area contributed by atoms with E-state index in [2.05, 4.69) is 25.6 Å². The molecule has 10 heteroatoms. The molecule has 5 rings (SSSR count). The third-order valence-corrected chi connectivity index (χ3v) is 5.70. The first-order chi connectivity index (χ1) is 16.6. The zero-order valence-corrected chi connectivity index (χ0v) is 18.3. The van der Waals surface area contributed by atoms with Crippen molar-refractivity contribution in [3.8, 4) is 22.5 Å². The molecule has 2 N–H and O–H groups in total. The summed E-state index contributed by atoms with van der Waals surface area (Å²) < 4.78 is 0. The van der Waals surface area contributed by atoms with E-state index in [0.717, 1.165) is 28.7 Å². The number of imide groups is 1. The number of carbonyl (C=O) groups excluding carboxylic acids is 2. The van der Waals surface area contributed by atoms with E-state index in [1.807, 2.05) is 60.4 Å². The molecule has 2 aromatic carbocycles. The number of rotatable bonds is 7. The van der Waals surface area contributed by atoms with Crippen LogP contribution >= 0.6 is 0 Å². The van der Waals surface area contributed by atoms with Gasteiger partial charge in [0.15, 0.2) is 0 Å². The maximum absolute atomic E-state index is 12.5. The molecule has 0 atom stereocenters. The smallest absolute Gasteiger partial charge is 0.289 e. The summed E-state index contributed by atoms with van der Waals surface area (Å²) in [6.45, 7) is 3.13. The lowest BCUT2D eigenvalue weighted by molar-refractivity contribution is -0.0327. The van der Waals surface area contributed by atoms with Crippen LogP contribution in [0.5, 0.6) is 0 Å². The lowest BCUT2D eigenvalue weighted by Crippen LogP contribution is -2.28. The maximum atomic E-state index is 12.5. The van der Waals surface area contributed by atoms with Gasteiger partial charge >= 0.3 is 0 Å². The van der Waals surface area contributed by atoms with E-state index in [9.17, 15) is 14.8 Å². The maximum Gasteiger partial charge on any atom is 0.289 e. The third kappa shape index (κ3) is 3.69. The van der Waals surface area contributed by atoms with Crippen molar-refractivity contribution in [3.63, 3.8) is 0 Å². The average Bonchev–Trinajstić information content (AvgIpc) is 3.48. The molecule has 2 amide bonds. The van der Waals surface area contributed by atoms with E-state index >= 15 is 0 Å². The Labute approximate surface area is 194 Å². The predicted octanol–water partition coefficient (Wildman–Crippen LogP) is 3.33. The summed E-state index contributed by atoms with van der Waals surface area (Å²) in [5.41, 5.74) is 4.15. The largest absolute Gasteiger partial charge is 0.352 e. The van der Waals surface area contributed by atoms with E-state index in [1.165, 1.54) is 12.3 Å². The van der Waals surface area contributed by atoms with Gasteiger partial charge in [0.1, 0.15) is 5.82 Å². The molecule has 0 spiro atoms. The van der Waals surface area contributed by atoms with Gasteiger partial charge in [-0.2, -0.15) is 5.21 Å². The second kappa shape index (κ2) is 8.83. The minimum atomic E-state index is -0.752. The number of fused-ring (bicyclic) bond motifs is 1. The number of nitrogens with zero attached hydrogens (tertiary/aromatic N) is 6. The average molecular weight is 455 g/mol. The molecule has 0 fully saturated rings. The van der Waals surface area contributed by atoms with Crippen molar-refractivity contribution in [1.29, 1.82) is 0 Å². The van der Waals surface area contributed by atoms with Gasteiger partial charge in [0, 0.05) is 24.8 Å². The Morgan fingerprint density at radius 3 is 2.44 bits per heavy atom. The topological polar surface area (TPSA) is 128 Å². The normalized spacial score (nSPS) is 12.8. The second-order valence-electron chi connectivity index (χ2n) is 7.88. The van der Waals surface area contributed by atoms with Crippen molar-refractivity contribution in [2.75, 3.05) is 11.4 Å². The summed E-state index contributed by atoms with van der Waals surface area (Å²) in [6.07, 6.45) is 2.30. The minimum absolute atomic E-state index is 0.133. The highest BCUT2D eigenvalue weighted by atomic mass is 16.5. The van der Waals surface area contributed by atoms with Crippen molar-refractivity contribution < 1.29 is 14.8 Å². The monoisotopic (exact) mass is 455 g/mol. The molecule has 170 valence electrons. The second-order valence-corrected chi connectivity index (χ2v) is 7.88. The number of amides is 2. The van der Waals surface area contributed by atoms with E-state index < -0.39 is 11.8 Å². The Balaban J connectivity index is 1.45. The molecule has 3 heterocycles. The quantitative estimate of drug-likeness (QED) is 0.321. The van der Waals surface area contributed by atoms with Gasteiger partial charge in [0.25, 0.3) is 11.8 Å². The zero-order chi connectivity index (χ0) is 23.7. The van der Waals surface area contributed by atoms with Crippen LogP contribution in [0.2, 0.25) is 0 Å². The van der Waals surface area contributed by atoms with Crippen LogP contribution in [0.3, 0.4) is 0 Å². The minimum Gasteiger partial charge on any atom is -0.352 e. The number of anilines is 1. The van der Waals surface area contributed by atoms with Gasteiger partial charge in [-0.1, -0.05) is 55.5 Å². The molecule has 10 nitrogen and oxygen atoms in total. The lowest BCUT2D eigenvalue weighted by Gasteiger charge is -2.25. The molecule has 1 aliphatic heterocycles. The summed E-state index contributed by atoms with van der Waals surface area (Å²) in [7, 11) is 0. The summed E-state index contributed by atoms with van der Waals surface area (Å²) in [4.78, 5) is 31.0. The number of aromatic amines is 1. The van der Waals surface area contributed by atoms with Gasteiger partial charge in [-0.15, -0.1) is 15.3 Å². The third-order valence-electron chi connectivity index (χ3n) is 5.70.